The van der Waals surface area contributed by atoms with Crippen LogP contribution in [0.3, 0.4) is 0 Å². The molecule has 1 amide bonds. The third kappa shape index (κ3) is 3.67. The predicted octanol–water partition coefficient (Wildman–Crippen LogP) is 1.90. The van der Waals surface area contributed by atoms with E-state index in [1.807, 2.05) is 18.7 Å². The third-order valence-electron chi connectivity index (χ3n) is 3.55. The van der Waals surface area contributed by atoms with E-state index in [9.17, 15) is 4.79 Å². The number of thioether (sulfide) groups is 1. The van der Waals surface area contributed by atoms with E-state index in [0.29, 0.717) is 17.7 Å². The number of amides is 1. The fraction of sp³-hybridized carbons (Fsp3) is 0.917. The molecule has 3 N–H and O–H groups in total. The summed E-state index contributed by atoms with van der Waals surface area (Å²) in [4.78, 5) is 11.9. The van der Waals surface area contributed by atoms with Crippen molar-refractivity contribution in [3.05, 3.63) is 0 Å². The lowest BCUT2D eigenvalue weighted by atomic mass is 9.93. The van der Waals surface area contributed by atoms with Gasteiger partial charge in [0.05, 0.1) is 5.54 Å². The largest absolute Gasteiger partial charge is 0.352 e. The lowest BCUT2D eigenvalue weighted by molar-refractivity contribution is -0.126. The van der Waals surface area contributed by atoms with Crippen LogP contribution in [-0.2, 0) is 4.79 Å². The Kier molecular flexibility index (Phi) is 5.12. The Morgan fingerprint density at radius 3 is 2.81 bits per heavy atom. The van der Waals surface area contributed by atoms with E-state index in [-0.39, 0.29) is 5.91 Å². The maximum Gasteiger partial charge on any atom is 0.240 e. The van der Waals surface area contributed by atoms with Gasteiger partial charge < -0.3 is 11.1 Å². The highest BCUT2D eigenvalue weighted by atomic mass is 32.2. The smallest absolute Gasteiger partial charge is 0.240 e. The van der Waals surface area contributed by atoms with Crippen LogP contribution in [0.5, 0.6) is 0 Å². The quantitative estimate of drug-likeness (QED) is 0.794. The van der Waals surface area contributed by atoms with Crippen LogP contribution in [0.2, 0.25) is 0 Å². The van der Waals surface area contributed by atoms with Gasteiger partial charge in [0, 0.05) is 11.3 Å². The van der Waals surface area contributed by atoms with Gasteiger partial charge in [-0.2, -0.15) is 11.8 Å². The average molecular weight is 244 g/mol. The van der Waals surface area contributed by atoms with Crippen molar-refractivity contribution in [2.24, 2.45) is 5.73 Å². The van der Waals surface area contributed by atoms with Crippen molar-refractivity contribution in [3.8, 4) is 0 Å². The summed E-state index contributed by atoms with van der Waals surface area (Å²) in [5, 5.41) is 3.80. The molecule has 3 unspecified atom stereocenters. The molecular formula is C12H24N2OS. The molecule has 1 saturated carbocycles. The van der Waals surface area contributed by atoms with E-state index in [4.69, 9.17) is 5.73 Å². The van der Waals surface area contributed by atoms with Crippen molar-refractivity contribution >= 4 is 17.7 Å². The van der Waals surface area contributed by atoms with Crippen LogP contribution in [0, 0.1) is 0 Å². The average Bonchev–Trinajstić information content (AvgIpc) is 2.29. The molecule has 0 aromatic rings. The van der Waals surface area contributed by atoms with E-state index < -0.39 is 5.54 Å². The van der Waals surface area contributed by atoms with Gasteiger partial charge in [-0.1, -0.05) is 13.3 Å². The van der Waals surface area contributed by atoms with Crippen LogP contribution in [0.1, 0.15) is 46.0 Å². The first-order valence-electron chi connectivity index (χ1n) is 6.12. The molecule has 3 atom stereocenters. The van der Waals surface area contributed by atoms with Gasteiger partial charge in [0.25, 0.3) is 0 Å². The summed E-state index contributed by atoms with van der Waals surface area (Å²) in [5.41, 5.74) is 5.21. The zero-order chi connectivity index (χ0) is 12.2. The van der Waals surface area contributed by atoms with E-state index in [1.54, 1.807) is 6.92 Å². The molecule has 16 heavy (non-hydrogen) atoms. The first kappa shape index (κ1) is 13.8. The molecule has 0 heterocycles. The molecule has 0 radical (unpaired) electrons. The summed E-state index contributed by atoms with van der Waals surface area (Å²) in [7, 11) is 0. The minimum Gasteiger partial charge on any atom is -0.352 e. The molecule has 1 fully saturated rings. The second-order valence-corrected chi connectivity index (χ2v) is 6.10. The van der Waals surface area contributed by atoms with Crippen LogP contribution >= 0.6 is 11.8 Å². The second kappa shape index (κ2) is 5.92. The molecule has 1 rings (SSSR count). The van der Waals surface area contributed by atoms with Gasteiger partial charge in [0.2, 0.25) is 5.91 Å². The second-order valence-electron chi connectivity index (χ2n) is 4.97. The van der Waals surface area contributed by atoms with Gasteiger partial charge in [-0.05, 0) is 38.9 Å². The van der Waals surface area contributed by atoms with Crippen molar-refractivity contribution in [3.63, 3.8) is 0 Å². The Morgan fingerprint density at radius 2 is 2.25 bits per heavy atom. The molecule has 0 saturated heterocycles. The summed E-state index contributed by atoms with van der Waals surface area (Å²) in [6.07, 6.45) is 7.51. The highest BCUT2D eigenvalue weighted by molar-refractivity contribution is 7.99. The molecule has 0 aromatic heterocycles. The molecule has 4 heteroatoms. The summed E-state index contributed by atoms with van der Waals surface area (Å²) in [6.45, 7) is 3.75. The van der Waals surface area contributed by atoms with E-state index in [2.05, 4.69) is 11.6 Å². The standard InChI is InChI=1S/C12H24N2OS/c1-4-12(2,13)11(15)14-9-6-5-7-10(8-9)16-3/h9-10H,4-8,13H2,1-3H3,(H,14,15). The molecule has 0 aliphatic heterocycles. The SMILES string of the molecule is CCC(C)(N)C(=O)NC1CCCC(SC)C1. The van der Waals surface area contributed by atoms with Gasteiger partial charge in [-0.15, -0.1) is 0 Å². The van der Waals surface area contributed by atoms with Crippen molar-refractivity contribution in [1.82, 2.24) is 5.32 Å². The molecule has 0 bridgehead atoms. The monoisotopic (exact) mass is 244 g/mol. The number of hydrogen-bond donors (Lipinski definition) is 2. The minimum atomic E-state index is -0.716. The van der Waals surface area contributed by atoms with Crippen LogP contribution in [0.25, 0.3) is 0 Å². The maximum atomic E-state index is 11.9. The Hall–Kier alpha value is -0.220. The van der Waals surface area contributed by atoms with Crippen LogP contribution in [0.4, 0.5) is 0 Å². The van der Waals surface area contributed by atoms with Crippen molar-refractivity contribution in [2.45, 2.75) is 62.8 Å². The number of rotatable bonds is 4. The van der Waals surface area contributed by atoms with Crippen molar-refractivity contribution in [1.29, 1.82) is 0 Å². The van der Waals surface area contributed by atoms with Gasteiger partial charge in [0.1, 0.15) is 0 Å². The van der Waals surface area contributed by atoms with Crippen LogP contribution < -0.4 is 11.1 Å². The lowest BCUT2D eigenvalue weighted by Crippen LogP contribution is -2.54. The van der Waals surface area contributed by atoms with Crippen LogP contribution in [0.15, 0.2) is 0 Å². The Labute approximate surface area is 103 Å². The maximum absolute atomic E-state index is 11.9. The molecule has 3 nitrogen and oxygen atoms in total. The lowest BCUT2D eigenvalue weighted by Gasteiger charge is -2.31. The van der Waals surface area contributed by atoms with E-state index in [0.717, 1.165) is 12.8 Å². The number of hydrogen-bond acceptors (Lipinski definition) is 3. The molecule has 94 valence electrons. The van der Waals surface area contributed by atoms with E-state index >= 15 is 0 Å². The number of nitrogens with two attached hydrogens (primary N) is 1. The predicted molar refractivity (Wildman–Crippen MR) is 70.6 cm³/mol. The van der Waals surface area contributed by atoms with Gasteiger partial charge in [0.15, 0.2) is 0 Å². The first-order valence-corrected chi connectivity index (χ1v) is 7.41. The van der Waals surface area contributed by atoms with Crippen LogP contribution in [-0.4, -0.2) is 29.0 Å². The molecule has 1 aliphatic carbocycles. The Bertz CT molecular complexity index is 243. The van der Waals surface area contributed by atoms with Gasteiger partial charge in [-0.3, -0.25) is 4.79 Å². The van der Waals surface area contributed by atoms with Crippen molar-refractivity contribution in [2.75, 3.05) is 6.26 Å². The molecule has 1 aliphatic rings. The topological polar surface area (TPSA) is 55.1 Å². The molecular weight excluding hydrogens is 220 g/mol. The number of carbonyl (C=O) groups is 1. The normalized spacial score (nSPS) is 29.5. The third-order valence-corrected chi connectivity index (χ3v) is 4.64. The fourth-order valence-corrected chi connectivity index (χ4v) is 2.83. The Morgan fingerprint density at radius 1 is 1.56 bits per heavy atom. The summed E-state index contributed by atoms with van der Waals surface area (Å²) >= 11 is 1.91. The summed E-state index contributed by atoms with van der Waals surface area (Å²) in [5.74, 6) is 0.00162. The Balaban J connectivity index is 2.45. The minimum absolute atomic E-state index is 0.00162. The number of carbonyl (C=O) groups excluding carboxylic acids is 1. The zero-order valence-corrected chi connectivity index (χ0v) is 11.4. The fourth-order valence-electron chi connectivity index (χ4n) is 2.00. The highest BCUT2D eigenvalue weighted by Crippen LogP contribution is 2.27. The molecule has 0 aromatic carbocycles. The van der Waals surface area contributed by atoms with E-state index in [1.165, 1.54) is 12.8 Å². The zero-order valence-electron chi connectivity index (χ0n) is 10.6. The van der Waals surface area contributed by atoms with Gasteiger partial charge >= 0.3 is 0 Å². The number of nitrogens with one attached hydrogen (secondary N) is 1. The van der Waals surface area contributed by atoms with Gasteiger partial charge in [-0.25, -0.2) is 0 Å². The van der Waals surface area contributed by atoms with Crippen molar-refractivity contribution < 1.29 is 4.79 Å². The summed E-state index contributed by atoms with van der Waals surface area (Å²) in [6, 6.07) is 0.327. The molecule has 0 spiro atoms. The summed E-state index contributed by atoms with van der Waals surface area (Å²) < 4.78 is 0. The highest BCUT2D eigenvalue weighted by Gasteiger charge is 2.29. The first-order chi connectivity index (χ1) is 7.49.